The molecule has 1 heterocycles. The van der Waals surface area contributed by atoms with Gasteiger partial charge in [-0.1, -0.05) is 0 Å². The van der Waals surface area contributed by atoms with Crippen LogP contribution in [0.15, 0.2) is 12.7 Å². The molecule has 0 aromatic rings. The van der Waals surface area contributed by atoms with Gasteiger partial charge in [-0.2, -0.15) is 0 Å². The van der Waals surface area contributed by atoms with Gasteiger partial charge < -0.3 is 0 Å². The zero-order chi connectivity index (χ0) is 23.1. The van der Waals surface area contributed by atoms with E-state index >= 15 is 0 Å². The molecule has 172 valence electrons. The second kappa shape index (κ2) is 9.25. The quantitative estimate of drug-likeness (QED) is 0.219. The minimum atomic E-state index is -1.46. The van der Waals surface area contributed by atoms with E-state index in [4.69, 9.17) is 22.5 Å². The van der Waals surface area contributed by atoms with Crippen molar-refractivity contribution in [1.29, 1.82) is 0 Å². The van der Waals surface area contributed by atoms with Gasteiger partial charge in [0.25, 0.3) is 0 Å². The second-order valence-corrected chi connectivity index (χ2v) is 17.6. The minimum absolute atomic E-state index is 0.0706. The van der Waals surface area contributed by atoms with Gasteiger partial charge in [-0.25, -0.2) is 0 Å². The molecule has 7 atom stereocenters. The maximum absolute atomic E-state index is 12.1. The summed E-state index contributed by atoms with van der Waals surface area (Å²) in [4.78, 5) is 23.8. The first kappa shape index (κ1) is 25.5. The SMILES string of the molecule is C=C[C@@]1([CH2][Hg][Cl])CC[C@H]2[C@]3(C)CCC[C@](C)(COC(C)=O)[C@H]3[C@H](OC(C)=O)C[C@]2(C)O1. The van der Waals surface area contributed by atoms with Crippen LogP contribution in [0.4, 0.5) is 0 Å². The summed E-state index contributed by atoms with van der Waals surface area (Å²) in [6.45, 7) is 14.2. The molecule has 0 amide bonds. The second-order valence-electron chi connectivity index (χ2n) is 10.8. The van der Waals surface area contributed by atoms with Gasteiger partial charge in [0.15, 0.2) is 0 Å². The third-order valence-electron chi connectivity index (χ3n) is 8.54. The van der Waals surface area contributed by atoms with Crippen molar-refractivity contribution < 1.29 is 47.1 Å². The third kappa shape index (κ3) is 4.75. The van der Waals surface area contributed by atoms with Crippen molar-refractivity contribution in [2.45, 2.75) is 94.4 Å². The van der Waals surface area contributed by atoms with Crippen LogP contribution >= 0.6 is 8.25 Å². The number of hydrogen-bond donors (Lipinski definition) is 0. The van der Waals surface area contributed by atoms with Crippen LogP contribution in [-0.4, -0.2) is 35.9 Å². The van der Waals surface area contributed by atoms with Crippen molar-refractivity contribution in [2.75, 3.05) is 6.61 Å². The topological polar surface area (TPSA) is 61.8 Å². The molecule has 7 heteroatoms. The van der Waals surface area contributed by atoms with Crippen molar-refractivity contribution in [3.05, 3.63) is 12.7 Å². The van der Waals surface area contributed by atoms with Gasteiger partial charge in [0.05, 0.1) is 0 Å². The predicted octanol–water partition coefficient (Wildman–Crippen LogP) is 5.46. The Bertz CT molecular complexity index is 731. The van der Waals surface area contributed by atoms with E-state index in [1.807, 2.05) is 6.08 Å². The van der Waals surface area contributed by atoms with E-state index in [2.05, 4.69) is 27.4 Å². The molecule has 0 spiro atoms. The normalized spacial score (nSPS) is 44.3. The predicted molar refractivity (Wildman–Crippen MR) is 116 cm³/mol. The fourth-order valence-corrected chi connectivity index (χ4v) is 13.8. The summed E-state index contributed by atoms with van der Waals surface area (Å²) in [7, 11) is 6.34. The summed E-state index contributed by atoms with van der Waals surface area (Å²) in [6.07, 6.45) is 7.44. The first-order valence-corrected chi connectivity index (χ1v) is 22.3. The molecule has 0 aromatic heterocycles. The summed E-state index contributed by atoms with van der Waals surface area (Å²) < 4.78 is 19.4. The van der Waals surface area contributed by atoms with Crippen molar-refractivity contribution in [2.24, 2.45) is 22.7 Å². The molecule has 1 aliphatic heterocycles. The summed E-state index contributed by atoms with van der Waals surface area (Å²) in [5.41, 5.74) is -1.05. The summed E-state index contributed by atoms with van der Waals surface area (Å²) in [5.74, 6) is -0.0716. The zero-order valence-electron chi connectivity index (χ0n) is 19.8. The van der Waals surface area contributed by atoms with Gasteiger partial charge in [-0.3, -0.25) is 0 Å². The Labute approximate surface area is 202 Å². The maximum atomic E-state index is 12.1. The molecule has 5 nitrogen and oxygen atoms in total. The summed E-state index contributed by atoms with van der Waals surface area (Å²) in [6, 6.07) is 0. The molecule has 3 rings (SSSR count). The third-order valence-corrected chi connectivity index (χ3v) is 14.2. The first-order valence-electron chi connectivity index (χ1n) is 11.6. The standard InChI is InChI=1S/C24H37O5.ClH.Hg/c1-8-22(5)13-10-19-23(6)12-9-11-21(4,15-27-16(2)25)20(23)18(28-17(3)26)14-24(19,7)29-22;;/h8,18-20H,1,5,9-15H2,2-4,6-7H3;1H;/q;;+1/p-1/t18-,19+,20-,21-,22+,23+,24+;;/m1../s1. The molecular weight excluding hydrogens is 604 g/mol. The molecule has 3 fully saturated rings. The molecule has 31 heavy (non-hydrogen) atoms. The van der Waals surface area contributed by atoms with Gasteiger partial charge in [0.2, 0.25) is 0 Å². The Morgan fingerprint density at radius 1 is 1.19 bits per heavy atom. The Balaban J connectivity index is 2.03. The molecule has 0 N–H and O–H groups in total. The van der Waals surface area contributed by atoms with E-state index in [-0.39, 0.29) is 40.4 Å². The van der Waals surface area contributed by atoms with Crippen molar-refractivity contribution >= 4 is 20.2 Å². The van der Waals surface area contributed by atoms with Gasteiger partial charge >= 0.3 is 204 Å². The van der Waals surface area contributed by atoms with Crippen LogP contribution in [0.2, 0.25) is 3.93 Å². The fourth-order valence-electron chi connectivity index (χ4n) is 7.59. The van der Waals surface area contributed by atoms with Crippen LogP contribution in [0.25, 0.3) is 0 Å². The molecular formula is C24H37ClHgO5. The van der Waals surface area contributed by atoms with Gasteiger partial charge in [-0.05, 0) is 0 Å². The number of rotatable bonds is 6. The van der Waals surface area contributed by atoms with Crippen LogP contribution in [0.1, 0.15) is 73.1 Å². The van der Waals surface area contributed by atoms with E-state index in [1.54, 1.807) is 0 Å². The number of halogens is 1. The van der Waals surface area contributed by atoms with Crippen molar-refractivity contribution in [3.63, 3.8) is 0 Å². The van der Waals surface area contributed by atoms with Crippen LogP contribution in [0, 0.1) is 22.7 Å². The molecule has 0 unspecified atom stereocenters. The molecule has 0 aromatic carbocycles. The number of ether oxygens (including phenoxy) is 3. The number of esters is 2. The van der Waals surface area contributed by atoms with Crippen LogP contribution in [-0.2, 0) is 47.1 Å². The van der Waals surface area contributed by atoms with E-state index in [0.717, 1.165) is 36.0 Å². The van der Waals surface area contributed by atoms with Gasteiger partial charge in [0.1, 0.15) is 0 Å². The number of carbonyl (C=O) groups excluding carboxylic acids is 2. The zero-order valence-corrected chi connectivity index (χ0v) is 26.1. The molecule has 2 aliphatic carbocycles. The average Bonchev–Trinajstić information content (AvgIpc) is 2.65. The average molecular weight is 642 g/mol. The molecule has 3 aliphatic rings. The van der Waals surface area contributed by atoms with E-state index in [0.29, 0.717) is 18.9 Å². The Hall–Kier alpha value is -0.135. The van der Waals surface area contributed by atoms with Crippen molar-refractivity contribution in [3.8, 4) is 0 Å². The Kier molecular flexibility index (Phi) is 7.61. The molecule has 0 bridgehead atoms. The number of hydrogen-bond acceptors (Lipinski definition) is 5. The summed E-state index contributed by atoms with van der Waals surface area (Å²) >= 11 is -1.46. The molecule has 0 radical (unpaired) electrons. The fraction of sp³-hybridized carbons (Fsp3) is 0.833. The van der Waals surface area contributed by atoms with E-state index in [1.165, 1.54) is 13.8 Å². The Morgan fingerprint density at radius 3 is 2.48 bits per heavy atom. The van der Waals surface area contributed by atoms with Crippen LogP contribution < -0.4 is 0 Å². The first-order chi connectivity index (χ1) is 14.4. The number of fused-ring (bicyclic) bond motifs is 3. The molecule has 1 saturated heterocycles. The van der Waals surface area contributed by atoms with Crippen LogP contribution in [0.5, 0.6) is 0 Å². The van der Waals surface area contributed by atoms with Gasteiger partial charge in [0, 0.05) is 0 Å². The monoisotopic (exact) mass is 642 g/mol. The van der Waals surface area contributed by atoms with Gasteiger partial charge in [-0.15, -0.1) is 0 Å². The summed E-state index contributed by atoms with van der Waals surface area (Å²) in [5, 5.41) is 0. The van der Waals surface area contributed by atoms with E-state index < -0.39 is 28.9 Å². The van der Waals surface area contributed by atoms with E-state index in [9.17, 15) is 9.59 Å². The van der Waals surface area contributed by atoms with Crippen LogP contribution in [0.3, 0.4) is 0 Å². The molecule has 2 saturated carbocycles. The number of carbonyl (C=O) groups is 2. The van der Waals surface area contributed by atoms with Crippen molar-refractivity contribution in [1.82, 2.24) is 0 Å². The Morgan fingerprint density at radius 2 is 1.90 bits per heavy atom.